The summed E-state index contributed by atoms with van der Waals surface area (Å²) in [6.45, 7) is 1.97. The molecule has 16 heavy (non-hydrogen) atoms. The Morgan fingerprint density at radius 2 is 2.25 bits per heavy atom. The van der Waals surface area contributed by atoms with Gasteiger partial charge in [-0.3, -0.25) is 0 Å². The average molecular weight is 281 g/mol. The molecule has 0 aliphatic heterocycles. The van der Waals surface area contributed by atoms with Gasteiger partial charge in [0.15, 0.2) is 5.69 Å². The number of rotatable bonds is 2. The summed E-state index contributed by atoms with van der Waals surface area (Å²) in [6, 6.07) is 5.77. The quantitative estimate of drug-likeness (QED) is 0.920. The summed E-state index contributed by atoms with van der Waals surface area (Å²) >= 11 is 3.41. The number of benzene rings is 1. The van der Waals surface area contributed by atoms with Gasteiger partial charge in [0.1, 0.15) is 6.33 Å². The van der Waals surface area contributed by atoms with E-state index in [2.05, 4.69) is 20.9 Å². The van der Waals surface area contributed by atoms with Crippen molar-refractivity contribution in [3.8, 4) is 5.69 Å². The molecule has 1 N–H and O–H groups in total. The monoisotopic (exact) mass is 280 g/mol. The number of carboxylic acids is 1. The molecule has 0 aliphatic rings. The molecule has 0 amide bonds. The van der Waals surface area contributed by atoms with Gasteiger partial charge in [0.05, 0.1) is 0 Å². The van der Waals surface area contributed by atoms with Gasteiger partial charge >= 0.3 is 5.97 Å². The summed E-state index contributed by atoms with van der Waals surface area (Å²) in [6.07, 6.45) is 2.98. The number of carboxylic acid groups (broad SMARTS) is 1. The molecule has 0 fully saturated rings. The molecule has 1 aromatic carbocycles. The van der Waals surface area contributed by atoms with E-state index in [4.69, 9.17) is 5.11 Å². The molecule has 0 aliphatic carbocycles. The van der Waals surface area contributed by atoms with E-state index < -0.39 is 5.97 Å². The number of hydrogen-bond donors (Lipinski definition) is 1. The Labute approximate surface area is 101 Å². The van der Waals surface area contributed by atoms with E-state index in [1.54, 1.807) is 4.57 Å². The van der Waals surface area contributed by atoms with Crippen LogP contribution in [0, 0.1) is 6.92 Å². The van der Waals surface area contributed by atoms with Gasteiger partial charge in [-0.2, -0.15) is 0 Å². The van der Waals surface area contributed by atoms with Gasteiger partial charge < -0.3 is 9.67 Å². The van der Waals surface area contributed by atoms with Gasteiger partial charge in [-0.25, -0.2) is 9.78 Å². The Morgan fingerprint density at radius 3 is 2.81 bits per heavy atom. The highest BCUT2D eigenvalue weighted by Crippen LogP contribution is 2.19. The standard InChI is InChI=1S/C11H9BrN2O2/c1-7-4-8(2-3-9(7)12)14-5-10(11(15)16)13-6-14/h2-6H,1H3,(H,15,16). The Hall–Kier alpha value is -1.62. The van der Waals surface area contributed by atoms with Crippen molar-refractivity contribution in [3.05, 3.63) is 46.5 Å². The van der Waals surface area contributed by atoms with Crippen molar-refractivity contribution in [2.45, 2.75) is 6.92 Å². The van der Waals surface area contributed by atoms with Crippen molar-refractivity contribution in [3.63, 3.8) is 0 Å². The minimum atomic E-state index is -1.02. The molecule has 5 heteroatoms. The maximum Gasteiger partial charge on any atom is 0.356 e. The fourth-order valence-electron chi connectivity index (χ4n) is 1.36. The second-order valence-electron chi connectivity index (χ2n) is 3.40. The minimum Gasteiger partial charge on any atom is -0.476 e. The van der Waals surface area contributed by atoms with Crippen LogP contribution in [0.4, 0.5) is 0 Å². The molecule has 0 saturated heterocycles. The zero-order chi connectivity index (χ0) is 11.7. The molecule has 2 aromatic rings. The summed E-state index contributed by atoms with van der Waals surface area (Å²) in [7, 11) is 0. The molecule has 82 valence electrons. The molecular weight excluding hydrogens is 272 g/mol. The molecule has 1 heterocycles. The summed E-state index contributed by atoms with van der Waals surface area (Å²) in [5.74, 6) is -1.02. The van der Waals surface area contributed by atoms with Gasteiger partial charge in [-0.05, 0) is 30.7 Å². The Kier molecular flexibility index (Phi) is 2.78. The van der Waals surface area contributed by atoms with E-state index >= 15 is 0 Å². The topological polar surface area (TPSA) is 55.1 Å². The van der Waals surface area contributed by atoms with Crippen molar-refractivity contribution < 1.29 is 9.90 Å². The number of aromatic nitrogens is 2. The number of hydrogen-bond acceptors (Lipinski definition) is 2. The Morgan fingerprint density at radius 1 is 1.50 bits per heavy atom. The normalized spacial score (nSPS) is 10.4. The average Bonchev–Trinajstić information content (AvgIpc) is 2.71. The zero-order valence-electron chi connectivity index (χ0n) is 8.51. The maximum atomic E-state index is 10.7. The van der Waals surface area contributed by atoms with Crippen LogP contribution in [0.3, 0.4) is 0 Å². The highest BCUT2D eigenvalue weighted by Gasteiger charge is 2.07. The zero-order valence-corrected chi connectivity index (χ0v) is 10.1. The van der Waals surface area contributed by atoms with E-state index in [-0.39, 0.29) is 5.69 Å². The Balaban J connectivity index is 2.42. The third-order valence-electron chi connectivity index (χ3n) is 2.24. The predicted molar refractivity (Wildman–Crippen MR) is 63.0 cm³/mol. The third kappa shape index (κ3) is 1.99. The van der Waals surface area contributed by atoms with Crippen LogP contribution in [0.1, 0.15) is 16.1 Å². The predicted octanol–water partition coefficient (Wildman–Crippen LogP) is 2.64. The second kappa shape index (κ2) is 4.09. The molecule has 0 unspecified atom stereocenters. The van der Waals surface area contributed by atoms with E-state index in [1.807, 2.05) is 25.1 Å². The molecule has 0 saturated carbocycles. The molecule has 4 nitrogen and oxygen atoms in total. The SMILES string of the molecule is Cc1cc(-n2cnc(C(=O)O)c2)ccc1Br. The van der Waals surface area contributed by atoms with Crippen molar-refractivity contribution in [2.24, 2.45) is 0 Å². The highest BCUT2D eigenvalue weighted by atomic mass is 79.9. The van der Waals surface area contributed by atoms with Crippen molar-refractivity contribution in [1.82, 2.24) is 9.55 Å². The number of carbonyl (C=O) groups is 1. The van der Waals surface area contributed by atoms with Crippen LogP contribution in [-0.4, -0.2) is 20.6 Å². The number of imidazole rings is 1. The van der Waals surface area contributed by atoms with Gasteiger partial charge in [0.25, 0.3) is 0 Å². The molecule has 1 aromatic heterocycles. The highest BCUT2D eigenvalue weighted by molar-refractivity contribution is 9.10. The fourth-order valence-corrected chi connectivity index (χ4v) is 1.61. The number of aryl methyl sites for hydroxylation is 1. The first kappa shape index (κ1) is 10.9. The van der Waals surface area contributed by atoms with Crippen LogP contribution in [0.15, 0.2) is 35.2 Å². The summed E-state index contributed by atoms with van der Waals surface area (Å²) in [4.78, 5) is 14.5. The lowest BCUT2D eigenvalue weighted by Crippen LogP contribution is -1.96. The van der Waals surface area contributed by atoms with Crippen molar-refractivity contribution in [1.29, 1.82) is 0 Å². The van der Waals surface area contributed by atoms with Gasteiger partial charge in [-0.15, -0.1) is 0 Å². The molecular formula is C11H9BrN2O2. The molecule has 0 bridgehead atoms. The van der Waals surface area contributed by atoms with Crippen LogP contribution < -0.4 is 0 Å². The van der Waals surface area contributed by atoms with Crippen LogP contribution in [-0.2, 0) is 0 Å². The molecule has 0 radical (unpaired) electrons. The first-order valence-electron chi connectivity index (χ1n) is 4.62. The first-order valence-corrected chi connectivity index (χ1v) is 5.41. The summed E-state index contributed by atoms with van der Waals surface area (Å²) in [5.41, 5.74) is 2.02. The number of nitrogens with zero attached hydrogens (tertiary/aromatic N) is 2. The van der Waals surface area contributed by atoms with Gasteiger partial charge in [0.2, 0.25) is 0 Å². The van der Waals surface area contributed by atoms with Crippen LogP contribution in [0.2, 0.25) is 0 Å². The van der Waals surface area contributed by atoms with E-state index in [1.165, 1.54) is 12.5 Å². The largest absolute Gasteiger partial charge is 0.476 e. The smallest absolute Gasteiger partial charge is 0.356 e. The first-order chi connectivity index (χ1) is 7.58. The molecule has 2 rings (SSSR count). The van der Waals surface area contributed by atoms with Crippen molar-refractivity contribution in [2.75, 3.05) is 0 Å². The van der Waals surface area contributed by atoms with Crippen LogP contribution >= 0.6 is 15.9 Å². The Bertz CT molecular complexity index is 549. The minimum absolute atomic E-state index is 0.0422. The number of halogens is 1. The number of aromatic carboxylic acids is 1. The van der Waals surface area contributed by atoms with Crippen LogP contribution in [0.25, 0.3) is 5.69 Å². The van der Waals surface area contributed by atoms with Gasteiger partial charge in [-0.1, -0.05) is 15.9 Å². The molecule has 0 atom stereocenters. The van der Waals surface area contributed by atoms with Crippen LogP contribution in [0.5, 0.6) is 0 Å². The summed E-state index contributed by atoms with van der Waals surface area (Å²) in [5, 5.41) is 8.76. The third-order valence-corrected chi connectivity index (χ3v) is 3.13. The summed E-state index contributed by atoms with van der Waals surface area (Å²) < 4.78 is 2.71. The van der Waals surface area contributed by atoms with Crippen molar-refractivity contribution >= 4 is 21.9 Å². The van der Waals surface area contributed by atoms with E-state index in [0.717, 1.165) is 15.7 Å². The van der Waals surface area contributed by atoms with E-state index in [9.17, 15) is 4.79 Å². The lowest BCUT2D eigenvalue weighted by Gasteiger charge is -2.04. The molecule has 0 spiro atoms. The lowest BCUT2D eigenvalue weighted by atomic mass is 10.2. The lowest BCUT2D eigenvalue weighted by molar-refractivity contribution is 0.0691. The second-order valence-corrected chi connectivity index (χ2v) is 4.26. The van der Waals surface area contributed by atoms with E-state index in [0.29, 0.717) is 0 Å². The van der Waals surface area contributed by atoms with Gasteiger partial charge in [0, 0.05) is 16.4 Å². The maximum absolute atomic E-state index is 10.7. The fraction of sp³-hybridized carbons (Fsp3) is 0.0909.